The summed E-state index contributed by atoms with van der Waals surface area (Å²) >= 11 is 6.35. The van der Waals surface area contributed by atoms with Gasteiger partial charge in [0.05, 0.1) is 23.3 Å². The summed E-state index contributed by atoms with van der Waals surface area (Å²) in [6.45, 7) is 7.23. The van der Waals surface area contributed by atoms with Crippen molar-refractivity contribution in [1.82, 2.24) is 14.9 Å². The van der Waals surface area contributed by atoms with Gasteiger partial charge in [0.25, 0.3) is 15.9 Å². The highest BCUT2D eigenvalue weighted by Crippen LogP contribution is 2.42. The largest absolute Gasteiger partial charge is 0.487 e. The van der Waals surface area contributed by atoms with Crippen LogP contribution in [0, 0.1) is 11.8 Å². The van der Waals surface area contributed by atoms with E-state index in [1.807, 2.05) is 24.3 Å². The molecule has 0 spiro atoms. The van der Waals surface area contributed by atoms with Crippen LogP contribution in [0.5, 0.6) is 5.75 Å². The molecule has 1 saturated heterocycles. The van der Waals surface area contributed by atoms with Crippen molar-refractivity contribution in [1.29, 1.82) is 0 Å². The first-order valence-corrected chi connectivity index (χ1v) is 20.3. The first kappa shape index (κ1) is 38.4. The van der Waals surface area contributed by atoms with Gasteiger partial charge < -0.3 is 34.4 Å². The lowest BCUT2D eigenvalue weighted by Gasteiger charge is -2.43. The Kier molecular flexibility index (Phi) is 12.4. The summed E-state index contributed by atoms with van der Waals surface area (Å²) < 4.78 is 47.8. The summed E-state index contributed by atoms with van der Waals surface area (Å²) in [6.07, 6.45) is 8.03. The molecule has 1 saturated carbocycles. The Labute approximate surface area is 311 Å². The molecule has 0 radical (unpaired) electrons. The molecule has 3 heterocycles. The van der Waals surface area contributed by atoms with E-state index >= 15 is 0 Å². The van der Waals surface area contributed by atoms with E-state index in [1.165, 1.54) is 19.9 Å². The molecule has 2 aromatic carbocycles. The second-order valence-electron chi connectivity index (χ2n) is 14.8. The van der Waals surface area contributed by atoms with Crippen LogP contribution in [0.1, 0.15) is 63.5 Å². The van der Waals surface area contributed by atoms with Gasteiger partial charge in [0.1, 0.15) is 24.1 Å². The minimum atomic E-state index is -4.25. The van der Waals surface area contributed by atoms with Crippen molar-refractivity contribution in [2.45, 2.75) is 88.1 Å². The number of aryl methyl sites for hydroxylation is 1. The number of fused-ring (bicyclic) bond motifs is 3. The lowest BCUT2D eigenvalue weighted by Crippen LogP contribution is -2.47. The Morgan fingerprint density at radius 1 is 1.08 bits per heavy atom. The molecular formula is C38H51ClN4O8S. The van der Waals surface area contributed by atoms with Crippen molar-refractivity contribution in [3.63, 3.8) is 0 Å². The van der Waals surface area contributed by atoms with E-state index in [9.17, 15) is 23.1 Å². The number of likely N-dealkylation sites (tertiary alicyclic amines) is 1. The predicted octanol–water partition coefficient (Wildman–Crippen LogP) is 4.81. The molecule has 2 amide bonds. The molecule has 12 nitrogen and oxygen atoms in total. The zero-order valence-electron chi connectivity index (χ0n) is 30.0. The van der Waals surface area contributed by atoms with Gasteiger partial charge in [-0.1, -0.05) is 23.7 Å². The standard InChI is InChI=1S/C38H51ClN4O8S/c1-38(2)36(45)41-52(47,48)31-11-13-35-33(23-31)43(17-4-3-6-26-22-29(39)10-8-28(26)25-49-35)24-27-9-12-32(27)34(7-5-21-50-38)51-37(46)40-16-20-42-18-14-30(44)15-19-42/h5,7-8,10-11,13,22-23,27,30,32,34,44H,3-4,6,9,12,14-21,24-25H2,1-2H3,(H,40,46)(H,41,45)/b7-5+/t27-,32+,34-/m0/s1. The molecule has 3 N–H and O–H groups in total. The minimum Gasteiger partial charge on any atom is -0.487 e. The number of aliphatic hydroxyl groups excluding tert-OH is 1. The third-order valence-corrected chi connectivity index (χ3v) is 12.3. The number of rotatable bonds is 4. The van der Waals surface area contributed by atoms with Crippen LogP contribution >= 0.6 is 11.6 Å². The lowest BCUT2D eigenvalue weighted by molar-refractivity contribution is -0.139. The highest BCUT2D eigenvalue weighted by molar-refractivity contribution is 7.90. The summed E-state index contributed by atoms with van der Waals surface area (Å²) in [4.78, 5) is 30.8. The molecule has 2 bridgehead atoms. The first-order chi connectivity index (χ1) is 24.9. The number of nitrogens with zero attached hydrogens (tertiary/aromatic N) is 2. The molecular weight excluding hydrogens is 708 g/mol. The average Bonchev–Trinajstić information content (AvgIpc) is 3.12. The van der Waals surface area contributed by atoms with E-state index in [1.54, 1.807) is 18.2 Å². The third-order valence-electron chi connectivity index (χ3n) is 10.7. The highest BCUT2D eigenvalue weighted by Gasteiger charge is 2.40. The van der Waals surface area contributed by atoms with Crippen LogP contribution in [0.25, 0.3) is 0 Å². The number of carbonyl (C=O) groups is 2. The molecule has 3 atom stereocenters. The second kappa shape index (κ2) is 16.8. The molecule has 6 rings (SSSR count). The van der Waals surface area contributed by atoms with Crippen LogP contribution in [0.4, 0.5) is 10.5 Å². The van der Waals surface area contributed by atoms with Crippen molar-refractivity contribution in [2.75, 3.05) is 50.8 Å². The van der Waals surface area contributed by atoms with Gasteiger partial charge in [0, 0.05) is 50.2 Å². The van der Waals surface area contributed by atoms with E-state index in [4.69, 9.17) is 25.8 Å². The SMILES string of the molecule is CC1(C)OC/C=C/[C@H](OC(=O)NCCN2CCC(O)CC2)[C@@H]2CC[C@H]2CN2CCCCc3cc(Cl)ccc3COc3ccc(cc32)S(=O)(=O)NC1=O. The predicted molar refractivity (Wildman–Crippen MR) is 198 cm³/mol. The smallest absolute Gasteiger partial charge is 0.407 e. The summed E-state index contributed by atoms with van der Waals surface area (Å²) in [7, 11) is -4.25. The van der Waals surface area contributed by atoms with Gasteiger partial charge in [-0.15, -0.1) is 0 Å². The van der Waals surface area contributed by atoms with Crippen LogP contribution in [0.3, 0.4) is 0 Å². The first-order valence-electron chi connectivity index (χ1n) is 18.4. The van der Waals surface area contributed by atoms with Gasteiger partial charge >= 0.3 is 6.09 Å². The number of ether oxygens (including phenoxy) is 3. The molecule has 52 heavy (non-hydrogen) atoms. The number of carbonyl (C=O) groups excluding carboxylic acids is 2. The normalized spacial score (nSPS) is 26.2. The lowest BCUT2D eigenvalue weighted by atomic mass is 9.70. The number of hydrogen-bond acceptors (Lipinski definition) is 10. The zero-order chi connectivity index (χ0) is 36.9. The van der Waals surface area contributed by atoms with Crippen molar-refractivity contribution in [3.8, 4) is 5.75 Å². The third kappa shape index (κ3) is 9.59. The summed E-state index contributed by atoms with van der Waals surface area (Å²) in [6, 6.07) is 10.5. The van der Waals surface area contributed by atoms with Crippen molar-refractivity contribution < 1.29 is 37.3 Å². The molecule has 3 aliphatic heterocycles. The van der Waals surface area contributed by atoms with E-state index in [0.29, 0.717) is 42.6 Å². The fourth-order valence-corrected chi connectivity index (χ4v) is 8.65. The fourth-order valence-electron chi connectivity index (χ4n) is 7.33. The molecule has 1 aliphatic carbocycles. The number of sulfonamides is 1. The van der Waals surface area contributed by atoms with Crippen molar-refractivity contribution in [2.24, 2.45) is 11.8 Å². The van der Waals surface area contributed by atoms with Gasteiger partial charge in [0.2, 0.25) is 0 Å². The summed E-state index contributed by atoms with van der Waals surface area (Å²) in [5.74, 6) is -0.122. The van der Waals surface area contributed by atoms with E-state index in [2.05, 4.69) is 19.8 Å². The van der Waals surface area contributed by atoms with Crippen LogP contribution in [0.15, 0.2) is 53.4 Å². The Morgan fingerprint density at radius 2 is 1.88 bits per heavy atom. The van der Waals surface area contributed by atoms with Crippen molar-refractivity contribution in [3.05, 3.63) is 64.7 Å². The Morgan fingerprint density at radius 3 is 2.65 bits per heavy atom. The van der Waals surface area contributed by atoms with E-state index in [-0.39, 0.29) is 36.0 Å². The molecule has 0 unspecified atom stereocenters. The van der Waals surface area contributed by atoms with Gasteiger partial charge in [-0.25, -0.2) is 17.9 Å². The topological polar surface area (TPSA) is 147 Å². The second-order valence-corrected chi connectivity index (χ2v) is 16.9. The average molecular weight is 759 g/mol. The number of amides is 2. The Balaban J connectivity index is 1.27. The summed E-state index contributed by atoms with van der Waals surface area (Å²) in [5, 5.41) is 13.4. The number of halogens is 1. The maximum Gasteiger partial charge on any atom is 0.407 e. The summed E-state index contributed by atoms with van der Waals surface area (Å²) in [5.41, 5.74) is 1.29. The number of anilines is 1. The Hall–Kier alpha value is -3.36. The van der Waals surface area contributed by atoms with Crippen LogP contribution < -0.4 is 19.7 Å². The monoisotopic (exact) mass is 758 g/mol. The highest BCUT2D eigenvalue weighted by atomic mass is 35.5. The number of benzene rings is 2. The maximum atomic E-state index is 13.6. The van der Waals surface area contributed by atoms with Gasteiger partial charge in [0.15, 0.2) is 0 Å². The van der Waals surface area contributed by atoms with Crippen LogP contribution in [0.2, 0.25) is 5.02 Å². The zero-order valence-corrected chi connectivity index (χ0v) is 31.6. The Bertz CT molecular complexity index is 1730. The number of piperidine rings is 1. The van der Waals surface area contributed by atoms with Gasteiger partial charge in [-0.05, 0) is 112 Å². The number of nitrogens with one attached hydrogen (secondary N) is 2. The van der Waals surface area contributed by atoms with E-state index in [0.717, 1.165) is 69.2 Å². The molecule has 4 aliphatic rings. The fraction of sp³-hybridized carbons (Fsp3) is 0.579. The van der Waals surface area contributed by atoms with Crippen LogP contribution in [-0.4, -0.2) is 94.1 Å². The molecule has 0 aromatic heterocycles. The molecule has 2 fully saturated rings. The van der Waals surface area contributed by atoms with Gasteiger partial charge in [-0.3, -0.25) is 4.79 Å². The number of aliphatic hydroxyl groups is 1. The maximum absolute atomic E-state index is 13.6. The van der Waals surface area contributed by atoms with Crippen molar-refractivity contribution >= 4 is 39.3 Å². The van der Waals surface area contributed by atoms with Gasteiger partial charge in [-0.2, -0.15) is 0 Å². The molecule has 2 aromatic rings. The van der Waals surface area contributed by atoms with E-state index < -0.39 is 33.7 Å². The number of hydrogen-bond donors (Lipinski definition) is 3. The number of alkyl carbamates (subject to hydrolysis) is 1. The minimum absolute atomic E-state index is 0.00987. The van der Waals surface area contributed by atoms with Crippen LogP contribution in [-0.2, 0) is 37.3 Å². The molecule has 284 valence electrons. The molecule has 14 heteroatoms. The quantitative estimate of drug-likeness (QED) is 0.372.